The standard InChI is InChI=1S/C20H12N6O2/c21-11-17-18(12-22)26-16(10-20(28)14-6-2-4-8-24-14)15(25-17)9-19(27)13-5-1-3-7-23-13/h1-8H,9-10H2. The van der Waals surface area contributed by atoms with Gasteiger partial charge in [0.15, 0.2) is 23.0 Å². The minimum absolute atomic E-state index is 0.162. The number of hydrogen-bond acceptors (Lipinski definition) is 8. The number of carbonyl (C=O) groups excluding carboxylic acids is 2. The molecule has 0 saturated heterocycles. The molecule has 8 nitrogen and oxygen atoms in total. The lowest BCUT2D eigenvalue weighted by atomic mass is 10.0. The Morgan fingerprint density at radius 1 is 0.750 bits per heavy atom. The van der Waals surface area contributed by atoms with Crippen molar-refractivity contribution in [1.82, 2.24) is 19.9 Å². The summed E-state index contributed by atoms with van der Waals surface area (Å²) in [5.74, 6) is -0.676. The van der Waals surface area contributed by atoms with Crippen molar-refractivity contribution >= 4 is 11.6 Å². The topological polar surface area (TPSA) is 133 Å². The van der Waals surface area contributed by atoms with E-state index in [-0.39, 0.29) is 58.6 Å². The molecule has 0 fully saturated rings. The number of pyridine rings is 2. The van der Waals surface area contributed by atoms with Crippen LogP contribution >= 0.6 is 0 Å². The molecule has 0 aliphatic carbocycles. The number of Topliss-reactive ketones (excluding diaryl/α,β-unsaturated/α-hetero) is 2. The molecular weight excluding hydrogens is 356 g/mol. The minimum Gasteiger partial charge on any atom is -0.292 e. The summed E-state index contributed by atoms with van der Waals surface area (Å²) >= 11 is 0. The normalized spacial score (nSPS) is 9.93. The molecule has 0 saturated carbocycles. The number of ketones is 2. The molecule has 3 rings (SSSR count). The fraction of sp³-hybridized carbons (Fsp3) is 0.100. The highest BCUT2D eigenvalue weighted by Crippen LogP contribution is 2.14. The fourth-order valence-electron chi connectivity index (χ4n) is 2.48. The van der Waals surface area contributed by atoms with Gasteiger partial charge in [0.25, 0.3) is 0 Å². The fourth-order valence-corrected chi connectivity index (χ4v) is 2.48. The lowest BCUT2D eigenvalue weighted by molar-refractivity contribution is 0.0972. The number of carbonyl (C=O) groups is 2. The smallest absolute Gasteiger partial charge is 0.187 e. The summed E-state index contributed by atoms with van der Waals surface area (Å²) in [6.07, 6.45) is 2.58. The number of nitrogens with zero attached hydrogens (tertiary/aromatic N) is 6. The molecule has 8 heteroatoms. The minimum atomic E-state index is -0.338. The van der Waals surface area contributed by atoms with E-state index in [1.54, 1.807) is 48.5 Å². The molecule has 3 heterocycles. The van der Waals surface area contributed by atoms with E-state index in [2.05, 4.69) is 19.9 Å². The number of hydrogen-bond donors (Lipinski definition) is 0. The maximum atomic E-state index is 12.5. The lowest BCUT2D eigenvalue weighted by Crippen LogP contribution is -2.16. The second kappa shape index (κ2) is 8.39. The molecule has 0 aliphatic rings. The number of rotatable bonds is 6. The zero-order valence-electron chi connectivity index (χ0n) is 14.5. The third-order valence-corrected chi connectivity index (χ3v) is 3.82. The Balaban J connectivity index is 1.98. The van der Waals surface area contributed by atoms with Gasteiger partial charge < -0.3 is 0 Å². The number of nitriles is 2. The molecule has 0 radical (unpaired) electrons. The molecule has 3 aromatic rings. The molecule has 0 bridgehead atoms. The summed E-state index contributed by atoms with van der Waals surface area (Å²) in [4.78, 5) is 41.2. The Bertz CT molecular complexity index is 1020. The molecule has 0 spiro atoms. The maximum Gasteiger partial charge on any atom is 0.187 e. The second-order valence-corrected chi connectivity index (χ2v) is 5.67. The molecule has 0 N–H and O–H groups in total. The predicted octanol–water partition coefficient (Wildman–Crippen LogP) is 1.86. The monoisotopic (exact) mass is 368 g/mol. The molecule has 0 atom stereocenters. The van der Waals surface area contributed by atoms with Gasteiger partial charge in [0.2, 0.25) is 0 Å². The second-order valence-electron chi connectivity index (χ2n) is 5.67. The number of aromatic nitrogens is 4. The van der Waals surface area contributed by atoms with Crippen LogP contribution in [0.15, 0.2) is 48.8 Å². The van der Waals surface area contributed by atoms with Crippen molar-refractivity contribution in [2.24, 2.45) is 0 Å². The van der Waals surface area contributed by atoms with Gasteiger partial charge in [-0.1, -0.05) is 12.1 Å². The van der Waals surface area contributed by atoms with Crippen LogP contribution in [0.25, 0.3) is 0 Å². The lowest BCUT2D eigenvalue weighted by Gasteiger charge is -2.08. The van der Waals surface area contributed by atoms with Crippen LogP contribution in [0.4, 0.5) is 0 Å². The zero-order chi connectivity index (χ0) is 19.9. The largest absolute Gasteiger partial charge is 0.292 e. The molecular formula is C20H12N6O2. The summed E-state index contributed by atoms with van der Waals surface area (Å²) in [5.41, 5.74) is 0.398. The van der Waals surface area contributed by atoms with Crippen LogP contribution in [0, 0.1) is 22.7 Å². The molecule has 0 aliphatic heterocycles. The van der Waals surface area contributed by atoms with E-state index in [0.717, 1.165) is 0 Å². The van der Waals surface area contributed by atoms with Gasteiger partial charge in [0.1, 0.15) is 23.5 Å². The van der Waals surface area contributed by atoms with Gasteiger partial charge in [-0.25, -0.2) is 9.97 Å². The van der Waals surface area contributed by atoms with Crippen LogP contribution in [0.3, 0.4) is 0 Å². The van der Waals surface area contributed by atoms with Crippen molar-refractivity contribution in [2.45, 2.75) is 12.8 Å². The SMILES string of the molecule is N#Cc1nc(CC(=O)c2ccccn2)c(CC(=O)c2ccccn2)nc1C#N. The molecule has 28 heavy (non-hydrogen) atoms. The van der Waals surface area contributed by atoms with Crippen LogP contribution in [0.5, 0.6) is 0 Å². The van der Waals surface area contributed by atoms with Crippen molar-refractivity contribution in [3.8, 4) is 12.1 Å². The summed E-state index contributed by atoms with van der Waals surface area (Å²) < 4.78 is 0. The third kappa shape index (κ3) is 4.09. The Labute approximate surface area is 160 Å². The van der Waals surface area contributed by atoms with Gasteiger partial charge in [-0.05, 0) is 24.3 Å². The Morgan fingerprint density at radius 2 is 1.18 bits per heavy atom. The van der Waals surface area contributed by atoms with Crippen LogP contribution in [0.2, 0.25) is 0 Å². The van der Waals surface area contributed by atoms with Crippen molar-refractivity contribution < 1.29 is 9.59 Å². The Morgan fingerprint density at radius 3 is 1.50 bits per heavy atom. The van der Waals surface area contributed by atoms with Crippen LogP contribution in [-0.4, -0.2) is 31.5 Å². The van der Waals surface area contributed by atoms with E-state index < -0.39 is 0 Å². The van der Waals surface area contributed by atoms with Gasteiger partial charge in [0, 0.05) is 12.4 Å². The van der Waals surface area contributed by atoms with E-state index in [1.807, 2.05) is 0 Å². The average Bonchev–Trinajstić information content (AvgIpc) is 2.75. The maximum absolute atomic E-state index is 12.5. The third-order valence-electron chi connectivity index (χ3n) is 3.82. The molecule has 0 amide bonds. The first-order valence-corrected chi connectivity index (χ1v) is 8.21. The van der Waals surface area contributed by atoms with Crippen LogP contribution in [-0.2, 0) is 12.8 Å². The Hall–Kier alpha value is -4.30. The van der Waals surface area contributed by atoms with Crippen LogP contribution in [0.1, 0.15) is 43.8 Å². The predicted molar refractivity (Wildman–Crippen MR) is 96.0 cm³/mol. The van der Waals surface area contributed by atoms with Crippen molar-refractivity contribution in [1.29, 1.82) is 10.5 Å². The highest BCUT2D eigenvalue weighted by atomic mass is 16.1. The first-order valence-electron chi connectivity index (χ1n) is 8.21. The Kier molecular flexibility index (Phi) is 5.54. The van der Waals surface area contributed by atoms with E-state index in [0.29, 0.717) is 0 Å². The first kappa shape index (κ1) is 18.5. The highest BCUT2D eigenvalue weighted by molar-refractivity contribution is 5.97. The molecule has 134 valence electrons. The summed E-state index contributed by atoms with van der Waals surface area (Å²) in [5, 5.41) is 18.4. The van der Waals surface area contributed by atoms with E-state index in [9.17, 15) is 20.1 Å². The van der Waals surface area contributed by atoms with Gasteiger partial charge in [-0.15, -0.1) is 0 Å². The quantitative estimate of drug-likeness (QED) is 0.602. The highest BCUT2D eigenvalue weighted by Gasteiger charge is 2.20. The van der Waals surface area contributed by atoms with E-state index >= 15 is 0 Å². The van der Waals surface area contributed by atoms with Gasteiger partial charge in [0.05, 0.1) is 24.2 Å². The van der Waals surface area contributed by atoms with Crippen molar-refractivity contribution in [3.05, 3.63) is 83.0 Å². The van der Waals surface area contributed by atoms with Gasteiger partial charge >= 0.3 is 0 Å². The van der Waals surface area contributed by atoms with Gasteiger partial charge in [-0.2, -0.15) is 10.5 Å². The molecule has 3 aromatic heterocycles. The molecule has 0 unspecified atom stereocenters. The average molecular weight is 368 g/mol. The first-order chi connectivity index (χ1) is 13.6. The summed E-state index contributed by atoms with van der Waals surface area (Å²) in [6, 6.07) is 13.4. The van der Waals surface area contributed by atoms with Crippen molar-refractivity contribution in [2.75, 3.05) is 0 Å². The summed E-state index contributed by atoms with van der Waals surface area (Å²) in [6.45, 7) is 0. The van der Waals surface area contributed by atoms with Crippen LogP contribution < -0.4 is 0 Å². The van der Waals surface area contributed by atoms with E-state index in [4.69, 9.17) is 0 Å². The van der Waals surface area contributed by atoms with Crippen molar-refractivity contribution in [3.63, 3.8) is 0 Å². The van der Waals surface area contributed by atoms with E-state index in [1.165, 1.54) is 12.4 Å². The molecule has 0 aromatic carbocycles. The van der Waals surface area contributed by atoms with Gasteiger partial charge in [-0.3, -0.25) is 19.6 Å². The summed E-state index contributed by atoms with van der Waals surface area (Å²) in [7, 11) is 0. The zero-order valence-corrected chi connectivity index (χ0v) is 14.5.